The van der Waals surface area contributed by atoms with Crippen LogP contribution in [0.4, 0.5) is 0 Å². The summed E-state index contributed by atoms with van der Waals surface area (Å²) in [7, 11) is -1.57. The molecule has 1 saturated heterocycles. The smallest absolute Gasteiger partial charge is 0.240 e. The third-order valence-electron chi connectivity index (χ3n) is 5.32. The lowest BCUT2D eigenvalue weighted by Crippen LogP contribution is -2.39. The standard InChI is InChI=1S/C21H31N3O3S/c1-3-27-18-10-12-19(13-11-18)28(25,26)22-17-21(20-9-8-14-23(20)2)24-15-6-4-5-7-16-24/h8-14,21-22H,3-7,15-17H2,1-2H3/t21-/m1/s1. The highest BCUT2D eigenvalue weighted by Gasteiger charge is 2.25. The number of nitrogens with one attached hydrogen (secondary N) is 1. The predicted octanol–water partition coefficient (Wildman–Crippen LogP) is 3.32. The van der Waals surface area contributed by atoms with Crippen LogP contribution in [0, 0.1) is 0 Å². The van der Waals surface area contributed by atoms with Gasteiger partial charge in [-0.25, -0.2) is 13.1 Å². The number of nitrogens with zero attached hydrogens (tertiary/aromatic N) is 2. The van der Waals surface area contributed by atoms with Crippen molar-refractivity contribution in [1.29, 1.82) is 0 Å². The summed E-state index contributed by atoms with van der Waals surface area (Å²) in [6.45, 7) is 4.81. The van der Waals surface area contributed by atoms with Crippen molar-refractivity contribution in [2.45, 2.75) is 43.5 Å². The molecule has 1 aromatic heterocycles. The largest absolute Gasteiger partial charge is 0.494 e. The number of sulfonamides is 1. The molecule has 1 aliphatic heterocycles. The van der Waals surface area contributed by atoms with Crippen LogP contribution in [0.15, 0.2) is 47.5 Å². The quantitative estimate of drug-likeness (QED) is 0.732. The first-order valence-corrected chi connectivity index (χ1v) is 11.6. The van der Waals surface area contributed by atoms with E-state index < -0.39 is 10.0 Å². The fourth-order valence-electron chi connectivity index (χ4n) is 3.80. The second-order valence-corrected chi connectivity index (χ2v) is 9.03. The van der Waals surface area contributed by atoms with Gasteiger partial charge in [-0.3, -0.25) is 4.90 Å². The van der Waals surface area contributed by atoms with Crippen molar-refractivity contribution in [3.63, 3.8) is 0 Å². The van der Waals surface area contributed by atoms with Crippen molar-refractivity contribution in [3.8, 4) is 5.75 Å². The van der Waals surface area contributed by atoms with Gasteiger partial charge in [0.25, 0.3) is 0 Å². The Morgan fingerprint density at radius 1 is 1.07 bits per heavy atom. The van der Waals surface area contributed by atoms with Crippen LogP contribution >= 0.6 is 0 Å². The molecule has 0 aliphatic carbocycles. The lowest BCUT2D eigenvalue weighted by Gasteiger charge is -2.31. The lowest BCUT2D eigenvalue weighted by atomic mass is 10.1. The van der Waals surface area contributed by atoms with Gasteiger partial charge in [-0.1, -0.05) is 12.8 Å². The molecule has 7 heteroatoms. The number of likely N-dealkylation sites (tertiary alicyclic amines) is 1. The van der Waals surface area contributed by atoms with E-state index in [1.165, 1.54) is 12.8 Å². The molecule has 1 fully saturated rings. The Hall–Kier alpha value is -1.83. The van der Waals surface area contributed by atoms with Gasteiger partial charge in [-0.2, -0.15) is 0 Å². The molecule has 6 nitrogen and oxygen atoms in total. The Bertz CT molecular complexity index is 838. The van der Waals surface area contributed by atoms with Crippen LogP contribution in [-0.4, -0.2) is 44.1 Å². The number of rotatable bonds is 8. The van der Waals surface area contributed by atoms with Gasteiger partial charge in [-0.15, -0.1) is 0 Å². The normalized spacial score (nSPS) is 17.2. The summed E-state index contributed by atoms with van der Waals surface area (Å²) >= 11 is 0. The molecule has 3 rings (SSSR count). The van der Waals surface area contributed by atoms with Crippen molar-refractivity contribution >= 4 is 10.0 Å². The van der Waals surface area contributed by atoms with Crippen molar-refractivity contribution < 1.29 is 13.2 Å². The summed E-state index contributed by atoms with van der Waals surface area (Å²) in [5, 5.41) is 0. The average molecular weight is 406 g/mol. The third kappa shape index (κ3) is 5.16. The van der Waals surface area contributed by atoms with E-state index in [4.69, 9.17) is 4.74 Å². The molecule has 1 aliphatic rings. The Kier molecular flexibility index (Phi) is 7.15. The van der Waals surface area contributed by atoms with E-state index in [1.54, 1.807) is 24.3 Å². The average Bonchev–Trinajstić information content (AvgIpc) is 2.93. The Balaban J connectivity index is 1.75. The molecule has 154 valence electrons. The summed E-state index contributed by atoms with van der Waals surface area (Å²) in [4.78, 5) is 2.68. The van der Waals surface area contributed by atoms with Gasteiger partial charge < -0.3 is 9.30 Å². The first-order chi connectivity index (χ1) is 13.5. The molecule has 2 aromatic rings. The van der Waals surface area contributed by atoms with Crippen molar-refractivity contribution in [2.24, 2.45) is 7.05 Å². The van der Waals surface area contributed by atoms with Gasteiger partial charge in [0.2, 0.25) is 10.0 Å². The van der Waals surface area contributed by atoms with Crippen molar-refractivity contribution in [3.05, 3.63) is 48.3 Å². The zero-order valence-corrected chi connectivity index (χ0v) is 17.6. The van der Waals surface area contributed by atoms with Gasteiger partial charge in [0, 0.05) is 25.5 Å². The van der Waals surface area contributed by atoms with Crippen molar-refractivity contribution in [1.82, 2.24) is 14.2 Å². The van der Waals surface area contributed by atoms with Crippen LogP contribution in [-0.2, 0) is 17.1 Å². The van der Waals surface area contributed by atoms with Gasteiger partial charge >= 0.3 is 0 Å². The molecule has 0 spiro atoms. The van der Waals surface area contributed by atoms with Crippen molar-refractivity contribution in [2.75, 3.05) is 26.2 Å². The summed E-state index contributed by atoms with van der Waals surface area (Å²) < 4.78 is 36.0. The predicted molar refractivity (Wildman–Crippen MR) is 111 cm³/mol. The minimum atomic E-state index is -3.58. The molecule has 2 heterocycles. The third-order valence-corrected chi connectivity index (χ3v) is 6.76. The molecule has 0 radical (unpaired) electrons. The minimum Gasteiger partial charge on any atom is -0.494 e. The summed E-state index contributed by atoms with van der Waals surface area (Å²) in [6.07, 6.45) is 6.82. The molecular formula is C21H31N3O3S. The monoisotopic (exact) mass is 405 g/mol. The van der Waals surface area contributed by atoms with Crippen LogP contribution in [0.1, 0.15) is 44.3 Å². The van der Waals surface area contributed by atoms with Gasteiger partial charge in [0.1, 0.15) is 5.75 Å². The highest BCUT2D eigenvalue weighted by Crippen LogP contribution is 2.25. The maximum absolute atomic E-state index is 12.8. The Morgan fingerprint density at radius 2 is 1.75 bits per heavy atom. The lowest BCUT2D eigenvalue weighted by molar-refractivity contribution is 0.199. The number of aromatic nitrogens is 1. The van der Waals surface area contributed by atoms with E-state index in [1.807, 2.05) is 26.2 Å². The highest BCUT2D eigenvalue weighted by atomic mass is 32.2. The van der Waals surface area contributed by atoms with Crippen LogP contribution in [0.5, 0.6) is 5.75 Å². The second-order valence-electron chi connectivity index (χ2n) is 7.27. The molecule has 1 atom stereocenters. The van der Waals surface area contributed by atoms with Gasteiger partial charge in [0.15, 0.2) is 0 Å². The van der Waals surface area contributed by atoms with Crippen LogP contribution in [0.2, 0.25) is 0 Å². The number of aryl methyl sites for hydroxylation is 1. The fraction of sp³-hybridized carbons (Fsp3) is 0.524. The SMILES string of the molecule is CCOc1ccc(S(=O)(=O)NC[C@H](c2cccn2C)N2CCCCCC2)cc1. The number of benzene rings is 1. The highest BCUT2D eigenvalue weighted by molar-refractivity contribution is 7.89. The first-order valence-electron chi connectivity index (χ1n) is 10.1. The van der Waals surface area contributed by atoms with Gasteiger partial charge in [-0.05, 0) is 69.3 Å². The zero-order valence-electron chi connectivity index (χ0n) is 16.8. The molecular weight excluding hydrogens is 374 g/mol. The molecule has 0 unspecified atom stereocenters. The molecule has 1 N–H and O–H groups in total. The molecule has 0 saturated carbocycles. The van der Waals surface area contributed by atoms with E-state index in [-0.39, 0.29) is 10.9 Å². The van der Waals surface area contributed by atoms with E-state index in [2.05, 4.69) is 20.3 Å². The number of hydrogen-bond acceptors (Lipinski definition) is 4. The summed E-state index contributed by atoms with van der Waals surface area (Å²) in [5.74, 6) is 0.674. The second kappa shape index (κ2) is 9.58. The van der Waals surface area contributed by atoms with Gasteiger partial charge in [0.05, 0.1) is 17.5 Å². The summed E-state index contributed by atoms with van der Waals surface area (Å²) in [5.41, 5.74) is 1.14. The van der Waals surface area contributed by atoms with Crippen LogP contribution in [0.25, 0.3) is 0 Å². The van der Waals surface area contributed by atoms with E-state index in [0.29, 0.717) is 18.9 Å². The Morgan fingerprint density at radius 3 is 2.32 bits per heavy atom. The molecule has 1 aromatic carbocycles. The maximum atomic E-state index is 12.8. The van der Waals surface area contributed by atoms with E-state index in [0.717, 1.165) is 31.6 Å². The van der Waals surface area contributed by atoms with E-state index >= 15 is 0 Å². The number of ether oxygens (including phenoxy) is 1. The minimum absolute atomic E-state index is 0.0237. The van der Waals surface area contributed by atoms with E-state index in [9.17, 15) is 8.42 Å². The van der Waals surface area contributed by atoms with Crippen LogP contribution < -0.4 is 9.46 Å². The molecule has 0 amide bonds. The topological polar surface area (TPSA) is 63.6 Å². The Labute approximate surface area is 168 Å². The first kappa shape index (κ1) is 20.9. The molecule has 0 bridgehead atoms. The maximum Gasteiger partial charge on any atom is 0.240 e. The van der Waals surface area contributed by atoms with Crippen LogP contribution in [0.3, 0.4) is 0 Å². The number of hydrogen-bond donors (Lipinski definition) is 1. The summed E-state index contributed by atoms with van der Waals surface area (Å²) in [6, 6.07) is 10.7. The molecule has 28 heavy (non-hydrogen) atoms. The zero-order chi connectivity index (χ0) is 20.0. The fourth-order valence-corrected chi connectivity index (χ4v) is 4.84.